The number of hydrogen-bond acceptors (Lipinski definition) is 6. The fourth-order valence-electron chi connectivity index (χ4n) is 4.13. The van der Waals surface area contributed by atoms with Crippen LogP contribution in [-0.4, -0.2) is 29.5 Å². The van der Waals surface area contributed by atoms with Crippen LogP contribution in [0.2, 0.25) is 0 Å². The van der Waals surface area contributed by atoms with E-state index >= 15 is 0 Å². The molecule has 0 saturated carbocycles. The molecule has 0 saturated heterocycles. The predicted molar refractivity (Wildman–Crippen MR) is 126 cm³/mol. The molecule has 2 N–H and O–H groups in total. The summed E-state index contributed by atoms with van der Waals surface area (Å²) in [6, 6.07) is 11.3. The van der Waals surface area contributed by atoms with Crippen LogP contribution in [0.15, 0.2) is 57.9 Å². The van der Waals surface area contributed by atoms with Crippen molar-refractivity contribution in [2.24, 2.45) is 0 Å². The largest absolute Gasteiger partial charge is 0.548 e. The minimum atomic E-state index is -1.38. The molecule has 4 rings (SSSR count). The highest BCUT2D eigenvalue weighted by atomic mass is 16.5. The summed E-state index contributed by atoms with van der Waals surface area (Å²) in [7, 11) is 0. The first-order valence-electron chi connectivity index (χ1n) is 11.1. The molecule has 0 aliphatic rings. The topological polar surface area (TPSA) is 124 Å². The van der Waals surface area contributed by atoms with Crippen LogP contribution >= 0.6 is 0 Å². The van der Waals surface area contributed by atoms with Gasteiger partial charge in [-0.25, -0.2) is 4.79 Å². The number of ether oxygens (including phenoxy) is 1. The first-order chi connectivity index (χ1) is 16.4. The first-order valence-corrected chi connectivity index (χ1v) is 11.1. The molecular formula is C26H25N2O6-. The second-order valence-corrected chi connectivity index (χ2v) is 8.20. The van der Waals surface area contributed by atoms with E-state index in [1.165, 1.54) is 6.07 Å². The Morgan fingerprint density at radius 3 is 2.71 bits per heavy atom. The van der Waals surface area contributed by atoms with Crippen molar-refractivity contribution in [1.82, 2.24) is 10.3 Å². The van der Waals surface area contributed by atoms with E-state index in [1.54, 1.807) is 25.3 Å². The highest BCUT2D eigenvalue weighted by Gasteiger charge is 2.18. The molecule has 2 aromatic carbocycles. The number of aromatic nitrogens is 1. The van der Waals surface area contributed by atoms with Gasteiger partial charge in [-0.2, -0.15) is 0 Å². The SMILES string of the molecule is CCCc1cc(=O)oc2c(C)c(OCC(=O)N[C@@H](Cc3c[nH]c4ccccc34)C(=O)[O-])ccc12. The molecule has 0 bridgehead atoms. The number of carboxylic acid groups (broad SMARTS) is 1. The average molecular weight is 461 g/mol. The van der Waals surface area contributed by atoms with E-state index in [9.17, 15) is 19.5 Å². The third-order valence-corrected chi connectivity index (χ3v) is 5.79. The van der Waals surface area contributed by atoms with Gasteiger partial charge in [0.25, 0.3) is 5.91 Å². The summed E-state index contributed by atoms with van der Waals surface area (Å²) in [5.41, 5.74) is 3.11. The van der Waals surface area contributed by atoms with E-state index in [1.807, 2.05) is 31.2 Å². The lowest BCUT2D eigenvalue weighted by Crippen LogP contribution is -2.50. The molecule has 1 amide bonds. The summed E-state index contributed by atoms with van der Waals surface area (Å²) < 4.78 is 11.0. The maximum absolute atomic E-state index is 12.5. The summed E-state index contributed by atoms with van der Waals surface area (Å²) >= 11 is 0. The fraction of sp³-hybridized carbons (Fsp3) is 0.269. The van der Waals surface area contributed by atoms with Gasteiger partial charge >= 0.3 is 5.63 Å². The molecule has 1 atom stereocenters. The number of carboxylic acids is 1. The molecule has 4 aromatic rings. The van der Waals surface area contributed by atoms with Crippen molar-refractivity contribution < 1.29 is 23.8 Å². The zero-order valence-corrected chi connectivity index (χ0v) is 19.0. The van der Waals surface area contributed by atoms with Crippen LogP contribution in [0.25, 0.3) is 21.9 Å². The summed E-state index contributed by atoms with van der Waals surface area (Å²) in [5.74, 6) is -1.61. The zero-order chi connectivity index (χ0) is 24.2. The van der Waals surface area contributed by atoms with Crippen LogP contribution in [0.4, 0.5) is 0 Å². The monoisotopic (exact) mass is 461 g/mol. The van der Waals surface area contributed by atoms with E-state index in [0.29, 0.717) is 16.9 Å². The summed E-state index contributed by atoms with van der Waals surface area (Å²) in [5, 5.41) is 15.8. The number of rotatable bonds is 9. The molecule has 8 nitrogen and oxygen atoms in total. The van der Waals surface area contributed by atoms with Gasteiger partial charge in [0, 0.05) is 40.5 Å². The number of amides is 1. The minimum absolute atomic E-state index is 0.0679. The maximum Gasteiger partial charge on any atom is 0.336 e. The maximum atomic E-state index is 12.5. The van der Waals surface area contributed by atoms with Crippen LogP contribution < -0.4 is 20.8 Å². The van der Waals surface area contributed by atoms with Gasteiger partial charge in [-0.15, -0.1) is 0 Å². The minimum Gasteiger partial charge on any atom is -0.548 e. The molecule has 0 spiro atoms. The Morgan fingerprint density at radius 2 is 1.94 bits per heavy atom. The Morgan fingerprint density at radius 1 is 1.15 bits per heavy atom. The second kappa shape index (κ2) is 9.82. The number of aromatic amines is 1. The summed E-state index contributed by atoms with van der Waals surface area (Å²) in [6.45, 7) is 3.37. The predicted octanol–water partition coefficient (Wildman–Crippen LogP) is 2.39. The summed E-state index contributed by atoms with van der Waals surface area (Å²) in [4.78, 5) is 39.2. The second-order valence-electron chi connectivity index (χ2n) is 8.20. The van der Waals surface area contributed by atoms with E-state index in [0.717, 1.165) is 40.3 Å². The molecule has 0 unspecified atom stereocenters. The van der Waals surface area contributed by atoms with E-state index < -0.39 is 30.2 Å². The van der Waals surface area contributed by atoms with Crippen molar-refractivity contribution in [1.29, 1.82) is 0 Å². The average Bonchev–Trinajstić information content (AvgIpc) is 3.21. The number of fused-ring (bicyclic) bond motifs is 2. The van der Waals surface area contributed by atoms with Crippen molar-refractivity contribution in [2.75, 3.05) is 6.61 Å². The van der Waals surface area contributed by atoms with Gasteiger partial charge in [0.1, 0.15) is 11.3 Å². The van der Waals surface area contributed by atoms with Gasteiger partial charge in [0.15, 0.2) is 6.61 Å². The Kier molecular flexibility index (Phi) is 6.67. The lowest BCUT2D eigenvalue weighted by Gasteiger charge is -2.20. The molecular weight excluding hydrogens is 436 g/mol. The van der Waals surface area contributed by atoms with Gasteiger partial charge in [0.05, 0.1) is 12.0 Å². The number of benzene rings is 2. The van der Waals surface area contributed by atoms with E-state index in [4.69, 9.17) is 9.15 Å². The van der Waals surface area contributed by atoms with Crippen LogP contribution in [0, 0.1) is 6.92 Å². The molecule has 176 valence electrons. The standard InChI is InChI=1S/C26H26N2O6/c1-3-6-16-12-24(30)34-25-15(2)22(10-9-19(16)25)33-14-23(29)28-21(26(31)32)11-17-13-27-20-8-5-4-7-18(17)20/h4-5,7-10,12-13,21,27H,3,6,11,14H2,1-2H3,(H,28,29)(H,31,32)/p-1/t21-/m0/s1. The van der Waals surface area contributed by atoms with Gasteiger partial charge < -0.3 is 29.4 Å². The number of hydrogen-bond donors (Lipinski definition) is 2. The van der Waals surface area contributed by atoms with Crippen molar-refractivity contribution in [3.63, 3.8) is 0 Å². The highest BCUT2D eigenvalue weighted by molar-refractivity contribution is 5.87. The fourth-order valence-corrected chi connectivity index (χ4v) is 4.13. The molecule has 8 heteroatoms. The van der Waals surface area contributed by atoms with Crippen LogP contribution in [-0.2, 0) is 22.4 Å². The molecule has 0 radical (unpaired) electrons. The Hall–Kier alpha value is -4.07. The molecule has 0 aliphatic carbocycles. The number of para-hydroxylation sites is 1. The number of nitrogens with one attached hydrogen (secondary N) is 2. The first kappa shape index (κ1) is 23.1. The van der Waals surface area contributed by atoms with Crippen LogP contribution in [0.1, 0.15) is 30.0 Å². The number of H-pyrrole nitrogens is 1. The van der Waals surface area contributed by atoms with Crippen molar-refractivity contribution in [3.05, 3.63) is 75.8 Å². The van der Waals surface area contributed by atoms with Gasteiger partial charge in [0.2, 0.25) is 0 Å². The summed E-state index contributed by atoms with van der Waals surface area (Å²) in [6.07, 6.45) is 3.42. The Labute approximate surface area is 195 Å². The molecule has 2 heterocycles. The molecule has 0 fully saturated rings. The van der Waals surface area contributed by atoms with E-state index in [2.05, 4.69) is 10.3 Å². The number of carbonyl (C=O) groups excluding carboxylic acids is 2. The van der Waals surface area contributed by atoms with Crippen molar-refractivity contribution >= 4 is 33.7 Å². The van der Waals surface area contributed by atoms with Gasteiger partial charge in [-0.1, -0.05) is 31.5 Å². The van der Waals surface area contributed by atoms with Crippen molar-refractivity contribution in [2.45, 2.75) is 39.2 Å². The third-order valence-electron chi connectivity index (χ3n) is 5.79. The molecule has 2 aromatic heterocycles. The molecule has 0 aliphatic heterocycles. The highest BCUT2D eigenvalue weighted by Crippen LogP contribution is 2.29. The van der Waals surface area contributed by atoms with Crippen molar-refractivity contribution in [3.8, 4) is 5.75 Å². The van der Waals surface area contributed by atoms with Crippen LogP contribution in [0.3, 0.4) is 0 Å². The normalized spacial score (nSPS) is 12.1. The van der Waals surface area contributed by atoms with E-state index in [-0.39, 0.29) is 6.42 Å². The lowest BCUT2D eigenvalue weighted by molar-refractivity contribution is -0.308. The van der Waals surface area contributed by atoms with Crippen LogP contribution in [0.5, 0.6) is 5.75 Å². The zero-order valence-electron chi connectivity index (χ0n) is 19.0. The van der Waals surface area contributed by atoms with Gasteiger partial charge in [-0.3, -0.25) is 4.79 Å². The third kappa shape index (κ3) is 4.80. The lowest BCUT2D eigenvalue weighted by atomic mass is 10.0. The Bertz CT molecular complexity index is 1420. The quantitative estimate of drug-likeness (QED) is 0.369. The number of aryl methyl sites for hydroxylation is 2. The smallest absolute Gasteiger partial charge is 0.336 e. The molecule has 34 heavy (non-hydrogen) atoms. The number of aliphatic carboxylic acids is 1. The van der Waals surface area contributed by atoms with Gasteiger partial charge in [-0.05, 0) is 42.7 Å². The number of carbonyl (C=O) groups is 2. The Balaban J connectivity index is 1.46.